The minimum Gasteiger partial charge on any atom is -0.379 e. The summed E-state index contributed by atoms with van der Waals surface area (Å²) in [4.78, 5) is 12.1. The summed E-state index contributed by atoms with van der Waals surface area (Å²) in [5, 5.41) is 18.7. The SMILES string of the molecule is CCC(Nc1c(C#N)ncc2[nH]c3ncccc3c12)C1CCNCC1. The first-order valence-corrected chi connectivity index (χ1v) is 8.94. The van der Waals surface area contributed by atoms with E-state index in [0.717, 1.165) is 60.0 Å². The van der Waals surface area contributed by atoms with Crippen LogP contribution in [0.3, 0.4) is 0 Å². The molecular weight excluding hydrogens is 312 g/mol. The van der Waals surface area contributed by atoms with Crippen molar-refractivity contribution in [2.75, 3.05) is 18.4 Å². The van der Waals surface area contributed by atoms with Crippen molar-refractivity contribution in [1.29, 1.82) is 5.26 Å². The Kier molecular flexibility index (Phi) is 4.24. The van der Waals surface area contributed by atoms with E-state index in [4.69, 9.17) is 0 Å². The van der Waals surface area contributed by atoms with E-state index in [1.165, 1.54) is 0 Å². The van der Waals surface area contributed by atoms with E-state index < -0.39 is 0 Å². The zero-order chi connectivity index (χ0) is 17.2. The standard InChI is InChI=1S/C19H22N6/c1-2-14(12-5-8-21-9-6-12)24-18-15(10-20)23-11-16-17(18)13-4-3-7-22-19(13)25-16/h3-4,7,11-12,14,21,24H,2,5-6,8-9H2,1H3,(H,22,25). The first-order valence-electron chi connectivity index (χ1n) is 8.94. The molecule has 0 radical (unpaired) electrons. The molecule has 3 aromatic rings. The van der Waals surface area contributed by atoms with E-state index in [0.29, 0.717) is 17.7 Å². The first-order chi connectivity index (χ1) is 12.3. The van der Waals surface area contributed by atoms with Crippen molar-refractivity contribution in [3.8, 4) is 6.07 Å². The molecule has 4 rings (SSSR count). The van der Waals surface area contributed by atoms with Gasteiger partial charge in [-0.1, -0.05) is 6.92 Å². The minimum atomic E-state index is 0.336. The normalized spacial score (nSPS) is 16.8. The molecule has 3 aromatic heterocycles. The average Bonchev–Trinajstić information content (AvgIpc) is 3.05. The van der Waals surface area contributed by atoms with Gasteiger partial charge in [-0.25, -0.2) is 9.97 Å². The van der Waals surface area contributed by atoms with Crippen molar-refractivity contribution < 1.29 is 0 Å². The molecule has 0 aromatic carbocycles. The van der Waals surface area contributed by atoms with Crippen LogP contribution in [0.25, 0.3) is 21.9 Å². The molecular formula is C19H22N6. The van der Waals surface area contributed by atoms with Crippen LogP contribution in [-0.2, 0) is 0 Å². The second-order valence-electron chi connectivity index (χ2n) is 6.65. The molecule has 3 N–H and O–H groups in total. The molecule has 0 amide bonds. The second-order valence-corrected chi connectivity index (χ2v) is 6.65. The number of fused-ring (bicyclic) bond motifs is 3. The summed E-state index contributed by atoms with van der Waals surface area (Å²) in [5.41, 5.74) is 3.02. The molecule has 0 spiro atoms. The molecule has 1 fully saturated rings. The van der Waals surface area contributed by atoms with Gasteiger partial charge in [0.05, 0.1) is 17.4 Å². The number of piperidine rings is 1. The van der Waals surface area contributed by atoms with Gasteiger partial charge in [0.25, 0.3) is 0 Å². The number of nitrogens with one attached hydrogen (secondary N) is 3. The highest BCUT2D eigenvalue weighted by Gasteiger charge is 2.24. The van der Waals surface area contributed by atoms with Gasteiger partial charge in [0.15, 0.2) is 5.69 Å². The number of hydrogen-bond donors (Lipinski definition) is 3. The van der Waals surface area contributed by atoms with Gasteiger partial charge in [0.2, 0.25) is 0 Å². The first kappa shape index (κ1) is 15.9. The Morgan fingerprint density at radius 2 is 2.20 bits per heavy atom. The van der Waals surface area contributed by atoms with Crippen LogP contribution >= 0.6 is 0 Å². The Labute approximate surface area is 146 Å². The van der Waals surface area contributed by atoms with Gasteiger partial charge in [0, 0.05) is 23.0 Å². The van der Waals surface area contributed by atoms with Crippen molar-refractivity contribution in [3.63, 3.8) is 0 Å². The molecule has 6 heteroatoms. The molecule has 4 heterocycles. The number of rotatable bonds is 4. The summed E-state index contributed by atoms with van der Waals surface area (Å²) in [5.74, 6) is 0.608. The summed E-state index contributed by atoms with van der Waals surface area (Å²) in [7, 11) is 0. The molecule has 6 nitrogen and oxygen atoms in total. The Morgan fingerprint density at radius 1 is 1.36 bits per heavy atom. The summed E-state index contributed by atoms with van der Waals surface area (Å²) in [6.45, 7) is 4.33. The Bertz CT molecular complexity index is 932. The fraction of sp³-hybridized carbons (Fsp3) is 0.421. The maximum Gasteiger partial charge on any atom is 0.164 e. The lowest BCUT2D eigenvalue weighted by molar-refractivity contribution is 0.327. The quantitative estimate of drug-likeness (QED) is 0.682. The van der Waals surface area contributed by atoms with Crippen LogP contribution in [0.5, 0.6) is 0 Å². The zero-order valence-electron chi connectivity index (χ0n) is 14.3. The molecule has 1 unspecified atom stereocenters. The van der Waals surface area contributed by atoms with Gasteiger partial charge in [-0.05, 0) is 50.4 Å². The summed E-state index contributed by atoms with van der Waals surface area (Å²) < 4.78 is 0. The van der Waals surface area contributed by atoms with Gasteiger partial charge >= 0.3 is 0 Å². The smallest absolute Gasteiger partial charge is 0.164 e. The Morgan fingerprint density at radius 3 is 2.96 bits per heavy atom. The number of nitriles is 1. The van der Waals surface area contributed by atoms with Crippen LogP contribution < -0.4 is 10.6 Å². The van der Waals surface area contributed by atoms with Crippen molar-refractivity contribution in [1.82, 2.24) is 20.3 Å². The Hall–Kier alpha value is -2.65. The van der Waals surface area contributed by atoms with E-state index in [9.17, 15) is 5.26 Å². The van der Waals surface area contributed by atoms with Crippen molar-refractivity contribution >= 4 is 27.6 Å². The third-order valence-corrected chi connectivity index (χ3v) is 5.24. The fourth-order valence-electron chi connectivity index (χ4n) is 3.93. The predicted molar refractivity (Wildman–Crippen MR) is 99.4 cm³/mol. The van der Waals surface area contributed by atoms with E-state index >= 15 is 0 Å². The highest BCUT2D eigenvalue weighted by Crippen LogP contribution is 2.34. The molecule has 1 saturated heterocycles. The molecule has 25 heavy (non-hydrogen) atoms. The van der Waals surface area contributed by atoms with E-state index in [1.54, 1.807) is 12.4 Å². The second kappa shape index (κ2) is 6.69. The molecule has 0 saturated carbocycles. The summed E-state index contributed by atoms with van der Waals surface area (Å²) in [6.07, 6.45) is 6.84. The minimum absolute atomic E-state index is 0.336. The van der Waals surface area contributed by atoms with Crippen LogP contribution in [0.4, 0.5) is 5.69 Å². The zero-order valence-corrected chi connectivity index (χ0v) is 14.3. The molecule has 1 atom stereocenters. The number of anilines is 1. The van der Waals surface area contributed by atoms with Gasteiger partial charge in [-0.15, -0.1) is 0 Å². The van der Waals surface area contributed by atoms with Gasteiger partial charge in [-0.2, -0.15) is 5.26 Å². The van der Waals surface area contributed by atoms with Crippen molar-refractivity contribution in [2.24, 2.45) is 5.92 Å². The van der Waals surface area contributed by atoms with E-state index in [2.05, 4.69) is 38.6 Å². The van der Waals surface area contributed by atoms with Crippen LogP contribution in [-0.4, -0.2) is 34.1 Å². The highest BCUT2D eigenvalue weighted by molar-refractivity contribution is 6.12. The van der Waals surface area contributed by atoms with Gasteiger partial charge < -0.3 is 15.6 Å². The van der Waals surface area contributed by atoms with E-state index in [-0.39, 0.29) is 0 Å². The number of aromatic nitrogens is 3. The molecule has 1 aliphatic heterocycles. The number of H-pyrrole nitrogens is 1. The lowest BCUT2D eigenvalue weighted by Gasteiger charge is -2.31. The van der Waals surface area contributed by atoms with Crippen LogP contribution in [0, 0.1) is 17.2 Å². The van der Waals surface area contributed by atoms with Crippen molar-refractivity contribution in [2.45, 2.75) is 32.2 Å². The molecule has 0 bridgehead atoms. The maximum atomic E-state index is 9.60. The molecule has 128 valence electrons. The van der Waals surface area contributed by atoms with Crippen molar-refractivity contribution in [3.05, 3.63) is 30.2 Å². The van der Waals surface area contributed by atoms with Crippen LogP contribution in [0.15, 0.2) is 24.5 Å². The number of nitrogens with zero attached hydrogens (tertiary/aromatic N) is 3. The monoisotopic (exact) mass is 334 g/mol. The van der Waals surface area contributed by atoms with Gasteiger partial charge in [-0.3, -0.25) is 0 Å². The summed E-state index contributed by atoms with van der Waals surface area (Å²) in [6, 6.07) is 6.56. The lowest BCUT2D eigenvalue weighted by atomic mass is 9.88. The maximum absolute atomic E-state index is 9.60. The topological polar surface area (TPSA) is 89.4 Å². The summed E-state index contributed by atoms with van der Waals surface area (Å²) >= 11 is 0. The van der Waals surface area contributed by atoms with Crippen LogP contribution in [0.1, 0.15) is 31.9 Å². The third kappa shape index (κ3) is 2.81. The average molecular weight is 334 g/mol. The highest BCUT2D eigenvalue weighted by atomic mass is 15.0. The number of hydrogen-bond acceptors (Lipinski definition) is 5. The lowest BCUT2D eigenvalue weighted by Crippen LogP contribution is -2.37. The number of aromatic amines is 1. The third-order valence-electron chi connectivity index (χ3n) is 5.24. The van der Waals surface area contributed by atoms with Crippen LogP contribution in [0.2, 0.25) is 0 Å². The Balaban J connectivity index is 1.82. The number of pyridine rings is 2. The predicted octanol–water partition coefficient (Wildman–Crippen LogP) is 3.17. The van der Waals surface area contributed by atoms with E-state index in [1.807, 2.05) is 12.1 Å². The largest absolute Gasteiger partial charge is 0.379 e. The van der Waals surface area contributed by atoms with Gasteiger partial charge in [0.1, 0.15) is 11.7 Å². The molecule has 0 aliphatic carbocycles. The fourth-order valence-corrected chi connectivity index (χ4v) is 3.93. The molecule has 1 aliphatic rings.